The molecule has 28 heavy (non-hydrogen) atoms. The molecule has 1 heterocycles. The summed E-state index contributed by atoms with van der Waals surface area (Å²) in [5.41, 5.74) is 0.433. The van der Waals surface area contributed by atoms with Crippen LogP contribution in [0.2, 0.25) is 0 Å². The zero-order valence-electron chi connectivity index (χ0n) is 16.3. The van der Waals surface area contributed by atoms with Crippen LogP contribution >= 0.6 is 0 Å². The minimum Gasteiger partial charge on any atom is -0.390 e. The van der Waals surface area contributed by atoms with Crippen LogP contribution in [-0.2, 0) is 10.0 Å². The zero-order valence-corrected chi connectivity index (χ0v) is 17.1. The van der Waals surface area contributed by atoms with Gasteiger partial charge in [-0.15, -0.1) is 0 Å². The molecule has 2 N–H and O–H groups in total. The maximum atomic E-state index is 12.9. The van der Waals surface area contributed by atoms with Gasteiger partial charge >= 0.3 is 0 Å². The van der Waals surface area contributed by atoms with Crippen LogP contribution in [0.4, 0.5) is 0 Å². The Hall–Kier alpha value is -1.98. The fraction of sp³-hybridized carbons (Fsp3) is 0.476. The van der Waals surface area contributed by atoms with Gasteiger partial charge in [-0.3, -0.25) is 4.90 Å². The third-order valence-electron chi connectivity index (χ3n) is 5.60. The Morgan fingerprint density at radius 3 is 2.50 bits per heavy atom. The number of hydrogen-bond donors (Lipinski definition) is 2. The van der Waals surface area contributed by atoms with Crippen molar-refractivity contribution in [1.29, 1.82) is 5.26 Å². The number of nitrogens with zero attached hydrogens (tertiary/aromatic N) is 2. The van der Waals surface area contributed by atoms with Gasteiger partial charge in [-0.1, -0.05) is 30.7 Å². The van der Waals surface area contributed by atoms with Crippen LogP contribution in [0.15, 0.2) is 41.3 Å². The normalized spacial score (nSPS) is 22.1. The van der Waals surface area contributed by atoms with Gasteiger partial charge in [0.05, 0.1) is 22.6 Å². The van der Waals surface area contributed by atoms with Crippen molar-refractivity contribution >= 4 is 20.8 Å². The highest BCUT2D eigenvalue weighted by atomic mass is 32.2. The van der Waals surface area contributed by atoms with Crippen molar-refractivity contribution in [2.75, 3.05) is 13.1 Å². The highest BCUT2D eigenvalue weighted by Gasteiger charge is 2.27. The first-order chi connectivity index (χ1) is 13.3. The number of sulfonamides is 1. The maximum Gasteiger partial charge on any atom is 0.241 e. The first-order valence-corrected chi connectivity index (χ1v) is 11.2. The van der Waals surface area contributed by atoms with Crippen LogP contribution in [-0.4, -0.2) is 49.7 Å². The van der Waals surface area contributed by atoms with E-state index in [-0.39, 0.29) is 11.4 Å². The van der Waals surface area contributed by atoms with Crippen LogP contribution in [0.1, 0.15) is 38.7 Å². The van der Waals surface area contributed by atoms with E-state index in [9.17, 15) is 18.8 Å². The van der Waals surface area contributed by atoms with Crippen LogP contribution in [0.3, 0.4) is 0 Å². The van der Waals surface area contributed by atoms with Gasteiger partial charge in [-0.2, -0.15) is 5.26 Å². The van der Waals surface area contributed by atoms with Crippen LogP contribution in [0, 0.1) is 11.3 Å². The molecule has 3 rings (SSSR count). The number of nitrogens with one attached hydrogen (secondary N) is 1. The van der Waals surface area contributed by atoms with Gasteiger partial charge in [0.25, 0.3) is 0 Å². The summed E-state index contributed by atoms with van der Waals surface area (Å²) in [6.07, 6.45) is 2.59. The first-order valence-electron chi connectivity index (χ1n) is 9.69. The molecule has 0 aliphatic carbocycles. The van der Waals surface area contributed by atoms with E-state index in [2.05, 4.69) is 29.5 Å². The number of rotatable bonds is 6. The molecule has 1 aliphatic heterocycles. The molecule has 2 aromatic carbocycles. The Labute approximate surface area is 166 Å². The Balaban J connectivity index is 1.74. The summed E-state index contributed by atoms with van der Waals surface area (Å²) in [6, 6.07) is 12.8. The number of piperidine rings is 1. The van der Waals surface area contributed by atoms with E-state index in [1.54, 1.807) is 30.3 Å². The van der Waals surface area contributed by atoms with Gasteiger partial charge in [0, 0.05) is 35.9 Å². The van der Waals surface area contributed by atoms with Gasteiger partial charge in [0.1, 0.15) is 0 Å². The van der Waals surface area contributed by atoms with E-state index < -0.39 is 16.1 Å². The summed E-state index contributed by atoms with van der Waals surface area (Å²) < 4.78 is 28.2. The predicted molar refractivity (Wildman–Crippen MR) is 109 cm³/mol. The second-order valence-electron chi connectivity index (χ2n) is 7.60. The predicted octanol–water partition coefficient (Wildman–Crippen LogP) is 2.61. The smallest absolute Gasteiger partial charge is 0.241 e. The maximum absolute atomic E-state index is 12.9. The summed E-state index contributed by atoms with van der Waals surface area (Å²) in [5, 5.41) is 20.8. The summed E-state index contributed by atoms with van der Waals surface area (Å²) in [5.74, 6) is 0. The molecule has 6 nitrogen and oxygen atoms in total. The Bertz CT molecular complexity index is 974. The molecule has 150 valence electrons. The fourth-order valence-electron chi connectivity index (χ4n) is 4.04. The number of likely N-dealkylation sites (tertiary alicyclic amines) is 1. The molecule has 1 aliphatic rings. The van der Waals surface area contributed by atoms with Gasteiger partial charge in [-0.05, 0) is 38.8 Å². The molecule has 0 aromatic heterocycles. The largest absolute Gasteiger partial charge is 0.390 e. The van der Waals surface area contributed by atoms with E-state index in [1.165, 1.54) is 12.5 Å². The SMILES string of the molecule is C[C@@H]1CCC[C@H](C)N1C[C@@H](O)CNS(=O)(=O)c1cccc2c(C#N)cccc12. The molecular formula is C21H27N3O3S. The lowest BCUT2D eigenvalue weighted by molar-refractivity contribution is 0.0438. The number of β-amino-alcohol motifs (C(OH)–C–C–N with tert-alkyl or cyclic N) is 1. The zero-order chi connectivity index (χ0) is 20.3. The van der Waals surface area contributed by atoms with Crippen molar-refractivity contribution in [1.82, 2.24) is 9.62 Å². The second kappa shape index (κ2) is 8.58. The number of nitriles is 1. The van der Waals surface area contributed by atoms with Gasteiger partial charge in [0.15, 0.2) is 0 Å². The van der Waals surface area contributed by atoms with Crippen molar-refractivity contribution in [3.8, 4) is 6.07 Å². The molecular weight excluding hydrogens is 374 g/mol. The molecule has 0 saturated carbocycles. The minimum atomic E-state index is -3.81. The number of benzene rings is 2. The van der Waals surface area contributed by atoms with Crippen molar-refractivity contribution in [2.24, 2.45) is 0 Å². The van der Waals surface area contributed by atoms with E-state index in [1.807, 2.05) is 0 Å². The topological polar surface area (TPSA) is 93.4 Å². The van der Waals surface area contributed by atoms with Crippen molar-refractivity contribution in [3.63, 3.8) is 0 Å². The average Bonchev–Trinajstić information content (AvgIpc) is 2.68. The lowest BCUT2D eigenvalue weighted by Crippen LogP contribution is -2.49. The van der Waals surface area contributed by atoms with Crippen molar-refractivity contribution in [2.45, 2.75) is 56.2 Å². The standard InChI is InChI=1S/C21H27N3O3S/c1-15-6-3-7-16(2)24(15)14-18(25)13-23-28(26,27)21-11-5-9-19-17(12-22)8-4-10-20(19)21/h4-5,8-11,15-16,18,23,25H,3,6-7,13-14H2,1-2H3/t15-,16+,18-/m0/s1. The second-order valence-corrected chi connectivity index (χ2v) is 9.34. The number of aliphatic hydroxyl groups excluding tert-OH is 1. The monoisotopic (exact) mass is 401 g/mol. The molecule has 1 fully saturated rings. The number of fused-ring (bicyclic) bond motifs is 1. The average molecular weight is 402 g/mol. The molecule has 0 radical (unpaired) electrons. The van der Waals surface area contributed by atoms with Crippen LogP contribution in [0.25, 0.3) is 10.8 Å². The van der Waals surface area contributed by atoms with E-state index in [0.29, 0.717) is 35.0 Å². The Morgan fingerprint density at radius 2 is 1.82 bits per heavy atom. The highest BCUT2D eigenvalue weighted by Crippen LogP contribution is 2.26. The molecule has 3 atom stereocenters. The van der Waals surface area contributed by atoms with Crippen molar-refractivity contribution < 1.29 is 13.5 Å². The number of hydrogen-bond acceptors (Lipinski definition) is 5. The van der Waals surface area contributed by atoms with E-state index in [4.69, 9.17) is 0 Å². The van der Waals surface area contributed by atoms with Gasteiger partial charge in [-0.25, -0.2) is 13.1 Å². The van der Waals surface area contributed by atoms with Gasteiger partial charge in [0.2, 0.25) is 10.0 Å². The fourth-order valence-corrected chi connectivity index (χ4v) is 5.33. The number of aliphatic hydroxyl groups is 1. The van der Waals surface area contributed by atoms with Gasteiger partial charge < -0.3 is 5.11 Å². The molecule has 0 unspecified atom stereocenters. The molecule has 1 saturated heterocycles. The molecule has 7 heteroatoms. The third-order valence-corrected chi connectivity index (χ3v) is 7.08. The van der Waals surface area contributed by atoms with E-state index >= 15 is 0 Å². The molecule has 2 aromatic rings. The lowest BCUT2D eigenvalue weighted by Gasteiger charge is -2.40. The third kappa shape index (κ3) is 4.36. The lowest BCUT2D eigenvalue weighted by atomic mass is 9.97. The summed E-state index contributed by atoms with van der Waals surface area (Å²) >= 11 is 0. The van der Waals surface area contributed by atoms with E-state index in [0.717, 1.165) is 12.8 Å². The quantitative estimate of drug-likeness (QED) is 0.776. The van der Waals surface area contributed by atoms with Crippen LogP contribution < -0.4 is 4.72 Å². The Morgan fingerprint density at radius 1 is 1.18 bits per heavy atom. The minimum absolute atomic E-state index is 0.0490. The molecule has 0 amide bonds. The van der Waals surface area contributed by atoms with Crippen molar-refractivity contribution in [3.05, 3.63) is 42.0 Å². The summed E-state index contributed by atoms with van der Waals surface area (Å²) in [4.78, 5) is 2.37. The van der Waals surface area contributed by atoms with Crippen LogP contribution in [0.5, 0.6) is 0 Å². The molecule has 0 spiro atoms. The summed E-state index contributed by atoms with van der Waals surface area (Å²) in [6.45, 7) is 4.69. The first kappa shape index (κ1) is 20.7. The Kier molecular flexibility index (Phi) is 6.36. The molecule has 0 bridgehead atoms. The highest BCUT2D eigenvalue weighted by molar-refractivity contribution is 7.89. The summed E-state index contributed by atoms with van der Waals surface area (Å²) in [7, 11) is -3.81.